The van der Waals surface area contributed by atoms with Crippen molar-refractivity contribution in [2.24, 2.45) is 0 Å². The molecule has 0 radical (unpaired) electrons. The van der Waals surface area contributed by atoms with Crippen LogP contribution in [0.2, 0.25) is 5.02 Å². The molecule has 0 fully saturated rings. The molecule has 36 heavy (non-hydrogen) atoms. The smallest absolute Gasteiger partial charge is 0.416 e. The molecule has 0 aliphatic carbocycles. The van der Waals surface area contributed by atoms with Crippen LogP contribution >= 0.6 is 19.2 Å². The van der Waals surface area contributed by atoms with Crippen molar-refractivity contribution in [1.82, 2.24) is 0 Å². The van der Waals surface area contributed by atoms with Gasteiger partial charge in [0.25, 0.3) is 5.69 Å². The summed E-state index contributed by atoms with van der Waals surface area (Å²) in [7, 11) is -0.998. The van der Waals surface area contributed by atoms with Gasteiger partial charge in [0, 0.05) is 26.4 Å². The lowest BCUT2D eigenvalue weighted by Gasteiger charge is -2.25. The Hall–Kier alpha value is -2.41. The number of nitrogens with one attached hydrogen (secondary N) is 1. The highest BCUT2D eigenvalue weighted by atomic mass is 35.5. The fraction of sp³-hybridized carbons (Fsp3) is 0.429. The zero-order valence-electron chi connectivity index (χ0n) is 19.5. The predicted octanol–water partition coefficient (Wildman–Crippen LogP) is 6.34. The molecule has 10 nitrogen and oxygen atoms in total. The molecular weight excluding hydrogens is 532 g/mol. The summed E-state index contributed by atoms with van der Waals surface area (Å²) in [6, 6.07) is 6.10. The molecular formula is C21H25ClF3N2O8P. The van der Waals surface area contributed by atoms with E-state index in [0.717, 1.165) is 18.2 Å². The minimum absolute atomic E-state index is 0.0207. The van der Waals surface area contributed by atoms with Crippen LogP contribution in [-0.4, -0.2) is 51.4 Å². The van der Waals surface area contributed by atoms with Gasteiger partial charge in [0.1, 0.15) is 23.0 Å². The minimum atomic E-state index is -4.59. The van der Waals surface area contributed by atoms with E-state index in [4.69, 9.17) is 34.9 Å². The molecule has 15 heteroatoms. The van der Waals surface area contributed by atoms with E-state index >= 15 is 0 Å². The lowest BCUT2D eigenvalue weighted by molar-refractivity contribution is -0.384. The van der Waals surface area contributed by atoms with Crippen molar-refractivity contribution in [3.63, 3.8) is 0 Å². The van der Waals surface area contributed by atoms with Crippen LogP contribution in [0.3, 0.4) is 0 Å². The summed E-state index contributed by atoms with van der Waals surface area (Å²) in [6.45, 7) is 1.57. The first-order valence-corrected chi connectivity index (χ1v) is 12.4. The van der Waals surface area contributed by atoms with Gasteiger partial charge in [-0.1, -0.05) is 11.6 Å². The third-order valence-corrected chi connectivity index (χ3v) is 7.07. The van der Waals surface area contributed by atoms with Crippen LogP contribution in [0.5, 0.6) is 11.5 Å². The van der Waals surface area contributed by atoms with E-state index < -0.39 is 30.0 Å². The second-order valence-corrected chi connectivity index (χ2v) is 9.97. The number of alkyl halides is 3. The molecule has 1 N–H and O–H groups in total. The van der Waals surface area contributed by atoms with Crippen LogP contribution in [0.1, 0.15) is 12.5 Å². The van der Waals surface area contributed by atoms with Gasteiger partial charge < -0.3 is 28.6 Å². The Morgan fingerprint density at radius 2 is 1.67 bits per heavy atom. The lowest BCUT2D eigenvalue weighted by Crippen LogP contribution is -2.21. The third kappa shape index (κ3) is 8.32. The van der Waals surface area contributed by atoms with Crippen LogP contribution in [0.4, 0.5) is 24.5 Å². The first kappa shape index (κ1) is 29.8. The summed E-state index contributed by atoms with van der Waals surface area (Å²) in [5.41, 5.74) is -1.44. The summed E-state index contributed by atoms with van der Waals surface area (Å²) in [5.74, 6) is -1.14. The average Bonchev–Trinajstić information content (AvgIpc) is 2.80. The number of anilines is 1. The van der Waals surface area contributed by atoms with Gasteiger partial charge in [-0.15, -0.1) is 0 Å². The van der Waals surface area contributed by atoms with Crippen molar-refractivity contribution in [3.05, 3.63) is 57.1 Å². The number of rotatable bonds is 14. The molecule has 2 aromatic rings. The summed E-state index contributed by atoms with van der Waals surface area (Å²) >= 11 is 5.93. The molecule has 1 unspecified atom stereocenters. The standard InChI is InChI=1S/C21H25ClF3N2O8P/c1-14(36(30,33-10-8-31-2)34-11-9-32-3)26-18-13-16(5-6-19(18)27(28)29)35-20-7-4-15(12-17(20)22)21(23,24)25/h4-7,12-14,26H,8-11H2,1-3H3. The van der Waals surface area contributed by atoms with Crippen molar-refractivity contribution in [2.75, 3.05) is 46.0 Å². The first-order valence-electron chi connectivity index (χ1n) is 10.4. The van der Waals surface area contributed by atoms with E-state index in [-0.39, 0.29) is 54.3 Å². The van der Waals surface area contributed by atoms with Gasteiger partial charge >= 0.3 is 13.8 Å². The van der Waals surface area contributed by atoms with E-state index in [1.54, 1.807) is 0 Å². The molecule has 0 aromatic heterocycles. The van der Waals surface area contributed by atoms with E-state index in [0.29, 0.717) is 6.07 Å². The van der Waals surface area contributed by atoms with E-state index in [1.165, 1.54) is 33.3 Å². The van der Waals surface area contributed by atoms with Gasteiger partial charge in [-0.3, -0.25) is 14.7 Å². The molecule has 0 aliphatic rings. The van der Waals surface area contributed by atoms with Crippen LogP contribution < -0.4 is 10.1 Å². The lowest BCUT2D eigenvalue weighted by atomic mass is 10.2. The van der Waals surface area contributed by atoms with Crippen LogP contribution in [0, 0.1) is 10.1 Å². The summed E-state index contributed by atoms with van der Waals surface area (Å²) < 4.78 is 78.2. The first-order chi connectivity index (χ1) is 16.9. The van der Waals surface area contributed by atoms with Gasteiger partial charge in [0.2, 0.25) is 0 Å². The van der Waals surface area contributed by atoms with Crippen molar-refractivity contribution >= 4 is 30.6 Å². The van der Waals surface area contributed by atoms with Crippen LogP contribution in [0.15, 0.2) is 36.4 Å². The second-order valence-electron chi connectivity index (χ2n) is 7.19. The molecule has 200 valence electrons. The summed E-state index contributed by atoms with van der Waals surface area (Å²) in [5, 5.41) is 14.0. The second kappa shape index (κ2) is 13.2. The number of nitro groups is 1. The largest absolute Gasteiger partial charge is 0.456 e. The van der Waals surface area contributed by atoms with Crippen molar-refractivity contribution < 1.29 is 45.9 Å². The molecule has 0 bridgehead atoms. The maximum Gasteiger partial charge on any atom is 0.416 e. The highest BCUT2D eigenvalue weighted by Gasteiger charge is 2.34. The number of nitrogens with zero attached hydrogens (tertiary/aromatic N) is 1. The summed E-state index contributed by atoms with van der Waals surface area (Å²) in [6.07, 6.45) is -4.59. The Balaban J connectivity index is 2.32. The van der Waals surface area contributed by atoms with E-state index in [2.05, 4.69) is 5.32 Å². The Labute approximate surface area is 210 Å². The SMILES string of the molecule is COCCOP(=O)(OCCOC)C(C)Nc1cc(Oc2ccc(C(F)(F)F)cc2Cl)ccc1[N+](=O)[O-]. The maximum atomic E-state index is 13.4. The molecule has 2 rings (SSSR count). The summed E-state index contributed by atoms with van der Waals surface area (Å²) in [4.78, 5) is 10.9. The molecule has 0 aliphatic heterocycles. The molecule has 0 spiro atoms. The molecule has 0 amide bonds. The highest BCUT2D eigenvalue weighted by molar-refractivity contribution is 7.54. The number of ether oxygens (including phenoxy) is 3. The van der Waals surface area contributed by atoms with Gasteiger partial charge in [0.05, 0.1) is 41.9 Å². The normalized spacial score (nSPS) is 12.9. The van der Waals surface area contributed by atoms with E-state index in [9.17, 15) is 27.9 Å². The van der Waals surface area contributed by atoms with E-state index in [1.807, 2.05) is 0 Å². The number of hydrogen-bond donors (Lipinski definition) is 1. The molecule has 0 saturated carbocycles. The fourth-order valence-electron chi connectivity index (χ4n) is 2.80. The zero-order valence-corrected chi connectivity index (χ0v) is 21.2. The number of hydrogen-bond acceptors (Lipinski definition) is 9. The van der Waals surface area contributed by atoms with Crippen molar-refractivity contribution in [1.29, 1.82) is 0 Å². The third-order valence-electron chi connectivity index (χ3n) is 4.61. The quantitative estimate of drug-likeness (QED) is 0.123. The van der Waals surface area contributed by atoms with Crippen LogP contribution in [-0.2, 0) is 29.3 Å². The predicted molar refractivity (Wildman–Crippen MR) is 126 cm³/mol. The highest BCUT2D eigenvalue weighted by Crippen LogP contribution is 2.53. The number of benzene rings is 2. The number of nitro benzene ring substituents is 1. The Bertz CT molecular complexity index is 1080. The monoisotopic (exact) mass is 556 g/mol. The van der Waals surface area contributed by atoms with Crippen molar-refractivity contribution in [2.45, 2.75) is 18.9 Å². The average molecular weight is 557 g/mol. The van der Waals surface area contributed by atoms with Gasteiger partial charge in [-0.05, 0) is 31.2 Å². The topological polar surface area (TPSA) is 118 Å². The Kier molecular flexibility index (Phi) is 11.0. The maximum absolute atomic E-state index is 13.4. The van der Waals surface area contributed by atoms with Crippen LogP contribution in [0.25, 0.3) is 0 Å². The fourth-order valence-corrected chi connectivity index (χ4v) is 4.50. The van der Waals surface area contributed by atoms with Gasteiger partial charge in [-0.2, -0.15) is 13.2 Å². The molecule has 0 heterocycles. The molecule has 1 atom stereocenters. The molecule has 2 aromatic carbocycles. The van der Waals surface area contributed by atoms with Gasteiger partial charge in [-0.25, -0.2) is 0 Å². The van der Waals surface area contributed by atoms with Crippen molar-refractivity contribution in [3.8, 4) is 11.5 Å². The molecule has 0 saturated heterocycles. The van der Waals surface area contributed by atoms with Gasteiger partial charge in [0.15, 0.2) is 0 Å². The number of halogens is 4. The minimum Gasteiger partial charge on any atom is -0.456 e. The number of methoxy groups -OCH3 is 2. The Morgan fingerprint density at radius 1 is 1.06 bits per heavy atom. The Morgan fingerprint density at radius 3 is 2.17 bits per heavy atom. The zero-order chi connectivity index (χ0) is 26.9.